The van der Waals surface area contributed by atoms with Crippen LogP contribution in [-0.4, -0.2) is 24.7 Å². The number of carbonyl (C=O) groups excluding carboxylic acids is 2. The number of benzene rings is 2. The van der Waals surface area contributed by atoms with Gasteiger partial charge in [-0.3, -0.25) is 0 Å². The topological polar surface area (TPSA) is 85.9 Å². The molecule has 31 heavy (non-hydrogen) atoms. The highest BCUT2D eigenvalue weighted by Crippen LogP contribution is 2.35. The number of amides is 2. The molecule has 2 aromatic rings. The molecule has 3 rings (SSSR count). The van der Waals surface area contributed by atoms with Crippen molar-refractivity contribution in [3.8, 4) is 11.5 Å². The van der Waals surface area contributed by atoms with Crippen LogP contribution in [0.3, 0.4) is 0 Å². The average molecular weight is 424 g/mol. The Labute approximate surface area is 182 Å². The van der Waals surface area contributed by atoms with Crippen molar-refractivity contribution in [3.63, 3.8) is 0 Å². The summed E-state index contributed by atoms with van der Waals surface area (Å²) in [5, 5.41) is 5.45. The SMILES string of the molecule is CCOc1cc([C@H]2NC(=O)NC(C)=C2C(=O)OC(C)C)ccc1OCc1ccccc1. The number of hydrogen-bond donors (Lipinski definition) is 2. The lowest BCUT2D eigenvalue weighted by molar-refractivity contribution is -0.143. The molecule has 2 amide bonds. The molecule has 1 aliphatic rings. The summed E-state index contributed by atoms with van der Waals surface area (Å²) < 4.78 is 17.1. The first-order valence-corrected chi connectivity index (χ1v) is 10.3. The van der Waals surface area contributed by atoms with Crippen molar-refractivity contribution in [3.05, 3.63) is 70.9 Å². The fraction of sp³-hybridized carbons (Fsp3) is 0.333. The van der Waals surface area contributed by atoms with Gasteiger partial charge in [0, 0.05) is 5.70 Å². The van der Waals surface area contributed by atoms with Gasteiger partial charge in [-0.2, -0.15) is 0 Å². The van der Waals surface area contributed by atoms with Gasteiger partial charge in [-0.1, -0.05) is 36.4 Å². The van der Waals surface area contributed by atoms with Gasteiger partial charge in [-0.15, -0.1) is 0 Å². The normalized spacial score (nSPS) is 15.9. The van der Waals surface area contributed by atoms with E-state index in [-0.39, 0.29) is 12.1 Å². The van der Waals surface area contributed by atoms with Crippen molar-refractivity contribution in [2.75, 3.05) is 6.61 Å². The van der Waals surface area contributed by atoms with Gasteiger partial charge in [0.05, 0.1) is 24.3 Å². The first kappa shape index (κ1) is 22.2. The molecule has 2 N–H and O–H groups in total. The molecular weight excluding hydrogens is 396 g/mol. The molecule has 1 heterocycles. The lowest BCUT2D eigenvalue weighted by Gasteiger charge is -2.29. The quantitative estimate of drug-likeness (QED) is 0.619. The molecule has 0 spiro atoms. The predicted molar refractivity (Wildman–Crippen MR) is 117 cm³/mol. The van der Waals surface area contributed by atoms with E-state index in [1.54, 1.807) is 32.9 Å². The minimum absolute atomic E-state index is 0.279. The van der Waals surface area contributed by atoms with Gasteiger partial charge in [0.1, 0.15) is 6.61 Å². The second kappa shape index (κ2) is 10.0. The van der Waals surface area contributed by atoms with E-state index < -0.39 is 12.0 Å². The van der Waals surface area contributed by atoms with Crippen LogP contribution in [0.4, 0.5) is 4.79 Å². The van der Waals surface area contributed by atoms with Crippen molar-refractivity contribution in [1.29, 1.82) is 0 Å². The Morgan fingerprint density at radius 2 is 1.81 bits per heavy atom. The fourth-order valence-electron chi connectivity index (χ4n) is 3.32. The van der Waals surface area contributed by atoms with E-state index in [4.69, 9.17) is 14.2 Å². The van der Waals surface area contributed by atoms with Crippen LogP contribution in [-0.2, 0) is 16.1 Å². The highest BCUT2D eigenvalue weighted by molar-refractivity contribution is 5.95. The summed E-state index contributed by atoms with van der Waals surface area (Å²) in [5.74, 6) is 0.645. The zero-order valence-electron chi connectivity index (χ0n) is 18.2. The molecule has 164 valence electrons. The van der Waals surface area contributed by atoms with E-state index >= 15 is 0 Å². The van der Waals surface area contributed by atoms with E-state index in [2.05, 4.69) is 10.6 Å². The molecule has 1 aliphatic heterocycles. The Balaban J connectivity index is 1.91. The highest BCUT2D eigenvalue weighted by atomic mass is 16.5. The largest absolute Gasteiger partial charge is 0.490 e. The van der Waals surface area contributed by atoms with Crippen molar-refractivity contribution < 1.29 is 23.8 Å². The van der Waals surface area contributed by atoms with Gasteiger partial charge < -0.3 is 24.8 Å². The highest BCUT2D eigenvalue weighted by Gasteiger charge is 2.33. The molecule has 0 radical (unpaired) electrons. The summed E-state index contributed by atoms with van der Waals surface area (Å²) in [5.41, 5.74) is 2.55. The molecule has 2 aromatic carbocycles. The molecule has 0 fully saturated rings. The predicted octanol–water partition coefficient (Wildman–Crippen LogP) is 4.24. The van der Waals surface area contributed by atoms with Gasteiger partial charge in [0.25, 0.3) is 0 Å². The van der Waals surface area contributed by atoms with Crippen LogP contribution < -0.4 is 20.1 Å². The molecule has 7 nitrogen and oxygen atoms in total. The second-order valence-corrected chi connectivity index (χ2v) is 7.44. The summed E-state index contributed by atoms with van der Waals surface area (Å²) in [4.78, 5) is 24.8. The van der Waals surface area contributed by atoms with Crippen LogP contribution in [0.25, 0.3) is 0 Å². The van der Waals surface area contributed by atoms with Gasteiger partial charge in [-0.05, 0) is 51.0 Å². The lowest BCUT2D eigenvalue weighted by atomic mass is 9.95. The van der Waals surface area contributed by atoms with Crippen molar-refractivity contribution in [2.24, 2.45) is 0 Å². The monoisotopic (exact) mass is 424 g/mol. The van der Waals surface area contributed by atoms with E-state index in [9.17, 15) is 9.59 Å². The Morgan fingerprint density at radius 1 is 1.06 bits per heavy atom. The summed E-state index contributed by atoms with van der Waals surface area (Å²) in [7, 11) is 0. The van der Waals surface area contributed by atoms with E-state index in [0.29, 0.717) is 41.5 Å². The van der Waals surface area contributed by atoms with Crippen LogP contribution in [0.5, 0.6) is 11.5 Å². The second-order valence-electron chi connectivity index (χ2n) is 7.44. The van der Waals surface area contributed by atoms with E-state index in [0.717, 1.165) is 5.56 Å². The number of carbonyl (C=O) groups is 2. The number of esters is 1. The third-order valence-electron chi connectivity index (χ3n) is 4.67. The third kappa shape index (κ3) is 5.57. The third-order valence-corrected chi connectivity index (χ3v) is 4.67. The van der Waals surface area contributed by atoms with Crippen molar-refractivity contribution >= 4 is 12.0 Å². The summed E-state index contributed by atoms with van der Waals surface area (Å²) in [6, 6.07) is 14.2. The van der Waals surface area contributed by atoms with Crippen LogP contribution >= 0.6 is 0 Å². The number of allylic oxidation sites excluding steroid dienone is 1. The maximum absolute atomic E-state index is 12.7. The van der Waals surface area contributed by atoms with Crippen LogP contribution in [0.2, 0.25) is 0 Å². The number of nitrogens with one attached hydrogen (secondary N) is 2. The van der Waals surface area contributed by atoms with Gasteiger partial charge in [0.2, 0.25) is 0 Å². The molecule has 7 heteroatoms. The first-order valence-electron chi connectivity index (χ1n) is 10.3. The Morgan fingerprint density at radius 3 is 2.48 bits per heavy atom. The van der Waals surface area contributed by atoms with Crippen LogP contribution in [0.1, 0.15) is 44.9 Å². The van der Waals surface area contributed by atoms with E-state index in [1.165, 1.54) is 0 Å². The summed E-state index contributed by atoms with van der Waals surface area (Å²) >= 11 is 0. The molecule has 1 atom stereocenters. The molecule has 0 saturated heterocycles. The first-order chi connectivity index (χ1) is 14.9. The van der Waals surface area contributed by atoms with E-state index in [1.807, 2.05) is 43.3 Å². The fourth-order valence-corrected chi connectivity index (χ4v) is 3.32. The zero-order valence-corrected chi connectivity index (χ0v) is 18.2. The van der Waals surface area contributed by atoms with Crippen molar-refractivity contribution in [2.45, 2.75) is 46.4 Å². The standard InChI is InChI=1S/C24H28N2O5/c1-5-29-20-13-18(11-12-19(20)30-14-17-9-7-6-8-10-17)22-21(23(27)31-15(2)3)16(4)25-24(28)26-22/h6-13,15,22H,5,14H2,1-4H3,(H2,25,26,28)/t22-/m1/s1. The maximum atomic E-state index is 12.7. The number of rotatable bonds is 8. The smallest absolute Gasteiger partial charge is 0.338 e. The van der Waals surface area contributed by atoms with Crippen LogP contribution in [0.15, 0.2) is 59.8 Å². The average Bonchev–Trinajstić information content (AvgIpc) is 2.72. The van der Waals surface area contributed by atoms with Crippen molar-refractivity contribution in [1.82, 2.24) is 10.6 Å². The summed E-state index contributed by atoms with van der Waals surface area (Å²) in [6.07, 6.45) is -0.279. The number of urea groups is 1. The zero-order chi connectivity index (χ0) is 22.4. The number of ether oxygens (including phenoxy) is 3. The minimum Gasteiger partial charge on any atom is -0.490 e. The minimum atomic E-state index is -0.664. The Hall–Kier alpha value is -3.48. The van der Waals surface area contributed by atoms with Crippen LogP contribution in [0, 0.1) is 0 Å². The maximum Gasteiger partial charge on any atom is 0.338 e. The Bertz CT molecular complexity index is 969. The molecule has 0 aromatic heterocycles. The lowest BCUT2D eigenvalue weighted by Crippen LogP contribution is -2.45. The molecular formula is C24H28N2O5. The van der Waals surface area contributed by atoms with Gasteiger partial charge >= 0.3 is 12.0 Å². The molecule has 0 aliphatic carbocycles. The Kier molecular flexibility index (Phi) is 7.18. The number of hydrogen-bond acceptors (Lipinski definition) is 5. The summed E-state index contributed by atoms with van der Waals surface area (Å²) in [6.45, 7) is 7.97. The molecule has 0 bridgehead atoms. The molecule has 0 saturated carbocycles. The van der Waals surface area contributed by atoms with Gasteiger partial charge in [-0.25, -0.2) is 9.59 Å². The molecule has 0 unspecified atom stereocenters. The van der Waals surface area contributed by atoms with Gasteiger partial charge in [0.15, 0.2) is 11.5 Å².